The van der Waals surface area contributed by atoms with Crippen molar-refractivity contribution < 1.29 is 4.52 Å². The van der Waals surface area contributed by atoms with Gasteiger partial charge in [0.15, 0.2) is 5.82 Å². The number of benzene rings is 1. The van der Waals surface area contributed by atoms with Crippen LogP contribution in [0.1, 0.15) is 49.0 Å². The number of nitrogens with zero attached hydrogens (tertiary/aromatic N) is 5. The van der Waals surface area contributed by atoms with E-state index < -0.39 is 0 Å². The Morgan fingerprint density at radius 3 is 2.67 bits per heavy atom. The smallest absolute Gasteiger partial charge is 0.243 e. The predicted octanol–water partition coefficient (Wildman–Crippen LogP) is 2.70. The average molecular weight is 323 g/mol. The van der Waals surface area contributed by atoms with Crippen LogP contribution in [0.15, 0.2) is 28.8 Å². The summed E-state index contributed by atoms with van der Waals surface area (Å²) in [6, 6.07) is 10.2. The van der Waals surface area contributed by atoms with E-state index in [4.69, 9.17) is 4.52 Å². The Morgan fingerprint density at radius 2 is 1.96 bits per heavy atom. The van der Waals surface area contributed by atoms with Gasteiger partial charge in [0.05, 0.1) is 17.3 Å². The quantitative estimate of drug-likeness (QED) is 0.861. The van der Waals surface area contributed by atoms with E-state index in [1.54, 1.807) is 0 Å². The van der Waals surface area contributed by atoms with Gasteiger partial charge in [-0.25, -0.2) is 0 Å². The standard InChI is InChI=1S/C18H21N5O/c1-13(18-20-17(21-24-18)14-6-7-14)22-8-10-23(11-9-22)16-5-3-2-4-15(16)12-19/h2-5,13-14H,6-11H2,1H3/t13-/m0/s1. The van der Waals surface area contributed by atoms with Crippen LogP contribution in [0.3, 0.4) is 0 Å². The molecule has 6 nitrogen and oxygen atoms in total. The first-order valence-electron chi connectivity index (χ1n) is 8.58. The molecule has 0 amide bonds. The molecule has 0 bridgehead atoms. The highest BCUT2D eigenvalue weighted by molar-refractivity contribution is 5.59. The second-order valence-corrected chi connectivity index (χ2v) is 6.59. The maximum atomic E-state index is 9.28. The normalized spacial score (nSPS) is 19.9. The van der Waals surface area contributed by atoms with Crippen molar-refractivity contribution in [3.05, 3.63) is 41.5 Å². The molecule has 1 atom stereocenters. The van der Waals surface area contributed by atoms with Crippen LogP contribution < -0.4 is 4.90 Å². The molecule has 0 spiro atoms. The van der Waals surface area contributed by atoms with Crippen molar-refractivity contribution >= 4 is 5.69 Å². The lowest BCUT2D eigenvalue weighted by molar-refractivity contribution is 0.164. The van der Waals surface area contributed by atoms with Gasteiger partial charge in [-0.3, -0.25) is 4.90 Å². The number of piperazine rings is 1. The molecular weight excluding hydrogens is 302 g/mol. The van der Waals surface area contributed by atoms with Crippen LogP contribution in [0.2, 0.25) is 0 Å². The third-order valence-electron chi connectivity index (χ3n) is 4.98. The summed E-state index contributed by atoms with van der Waals surface area (Å²) >= 11 is 0. The Kier molecular flexibility index (Phi) is 3.95. The van der Waals surface area contributed by atoms with E-state index in [-0.39, 0.29) is 6.04 Å². The molecule has 1 saturated heterocycles. The molecule has 1 aromatic heterocycles. The van der Waals surface area contributed by atoms with Crippen LogP contribution in [-0.2, 0) is 0 Å². The second kappa shape index (κ2) is 6.25. The minimum absolute atomic E-state index is 0.137. The van der Waals surface area contributed by atoms with Crippen molar-refractivity contribution in [1.82, 2.24) is 15.0 Å². The Labute approximate surface area is 141 Å². The highest BCUT2D eigenvalue weighted by atomic mass is 16.5. The third kappa shape index (κ3) is 2.87. The zero-order valence-electron chi connectivity index (χ0n) is 13.9. The van der Waals surface area contributed by atoms with Crippen LogP contribution in [0.4, 0.5) is 5.69 Å². The lowest BCUT2D eigenvalue weighted by Gasteiger charge is -2.38. The van der Waals surface area contributed by atoms with E-state index in [2.05, 4.69) is 32.9 Å². The summed E-state index contributed by atoms with van der Waals surface area (Å²) in [4.78, 5) is 9.23. The largest absolute Gasteiger partial charge is 0.368 e. The summed E-state index contributed by atoms with van der Waals surface area (Å²) in [6.07, 6.45) is 2.37. The van der Waals surface area contributed by atoms with E-state index in [0.717, 1.165) is 49.1 Å². The lowest BCUT2D eigenvalue weighted by atomic mass is 10.1. The van der Waals surface area contributed by atoms with Crippen LogP contribution in [0.5, 0.6) is 0 Å². The number of aromatic nitrogens is 2. The fourth-order valence-electron chi connectivity index (χ4n) is 3.27. The molecule has 1 aromatic carbocycles. The van der Waals surface area contributed by atoms with Crippen LogP contribution in [0.25, 0.3) is 0 Å². The van der Waals surface area contributed by atoms with Gasteiger partial charge in [0.25, 0.3) is 0 Å². The Hall–Kier alpha value is -2.39. The second-order valence-electron chi connectivity index (χ2n) is 6.59. The van der Waals surface area contributed by atoms with Crippen molar-refractivity contribution in [2.75, 3.05) is 31.1 Å². The summed E-state index contributed by atoms with van der Waals surface area (Å²) in [5, 5.41) is 13.4. The molecule has 1 aliphatic heterocycles. The van der Waals surface area contributed by atoms with Crippen LogP contribution >= 0.6 is 0 Å². The SMILES string of the molecule is C[C@@H](c1nc(C2CC2)no1)N1CCN(c2ccccc2C#N)CC1. The van der Waals surface area contributed by atoms with Gasteiger partial charge in [0.1, 0.15) is 6.07 Å². The van der Waals surface area contributed by atoms with Gasteiger partial charge in [-0.2, -0.15) is 10.2 Å². The maximum absolute atomic E-state index is 9.28. The molecule has 2 aliphatic rings. The van der Waals surface area contributed by atoms with E-state index in [9.17, 15) is 5.26 Å². The number of para-hydroxylation sites is 1. The molecule has 2 heterocycles. The van der Waals surface area contributed by atoms with Gasteiger partial charge in [-0.15, -0.1) is 0 Å². The van der Waals surface area contributed by atoms with Gasteiger partial charge in [-0.1, -0.05) is 17.3 Å². The molecule has 1 saturated carbocycles. The van der Waals surface area contributed by atoms with Crippen molar-refractivity contribution in [2.24, 2.45) is 0 Å². The summed E-state index contributed by atoms with van der Waals surface area (Å²) in [6.45, 7) is 5.76. The lowest BCUT2D eigenvalue weighted by Crippen LogP contribution is -2.47. The summed E-state index contributed by atoms with van der Waals surface area (Å²) in [7, 11) is 0. The molecule has 24 heavy (non-hydrogen) atoms. The number of hydrogen-bond acceptors (Lipinski definition) is 6. The number of nitriles is 1. The van der Waals surface area contributed by atoms with Gasteiger partial charge >= 0.3 is 0 Å². The molecule has 124 valence electrons. The summed E-state index contributed by atoms with van der Waals surface area (Å²) < 4.78 is 5.47. The molecule has 0 N–H and O–H groups in total. The molecule has 1 aliphatic carbocycles. The molecule has 2 fully saturated rings. The fraction of sp³-hybridized carbons (Fsp3) is 0.500. The minimum atomic E-state index is 0.137. The van der Waals surface area contributed by atoms with Crippen LogP contribution in [0, 0.1) is 11.3 Å². The van der Waals surface area contributed by atoms with Crippen molar-refractivity contribution in [3.8, 4) is 6.07 Å². The molecule has 2 aromatic rings. The predicted molar refractivity (Wildman–Crippen MR) is 89.6 cm³/mol. The summed E-state index contributed by atoms with van der Waals surface area (Å²) in [5.74, 6) is 2.12. The Morgan fingerprint density at radius 1 is 1.21 bits per heavy atom. The first-order valence-corrected chi connectivity index (χ1v) is 8.58. The zero-order valence-corrected chi connectivity index (χ0v) is 13.9. The van der Waals surface area contributed by atoms with E-state index in [1.165, 1.54) is 12.8 Å². The number of anilines is 1. The first kappa shape index (κ1) is 15.2. The molecular formula is C18H21N5O. The van der Waals surface area contributed by atoms with Crippen LogP contribution in [-0.4, -0.2) is 41.2 Å². The highest BCUT2D eigenvalue weighted by Crippen LogP contribution is 2.38. The number of rotatable bonds is 4. The highest BCUT2D eigenvalue weighted by Gasteiger charge is 2.31. The van der Waals surface area contributed by atoms with Gasteiger partial charge in [0, 0.05) is 32.1 Å². The number of hydrogen-bond donors (Lipinski definition) is 0. The van der Waals surface area contributed by atoms with Gasteiger partial charge in [0.2, 0.25) is 5.89 Å². The monoisotopic (exact) mass is 323 g/mol. The first-order chi connectivity index (χ1) is 11.8. The zero-order chi connectivity index (χ0) is 16.5. The topological polar surface area (TPSA) is 69.2 Å². The minimum Gasteiger partial charge on any atom is -0.368 e. The fourth-order valence-corrected chi connectivity index (χ4v) is 3.27. The molecule has 6 heteroatoms. The van der Waals surface area contributed by atoms with Crippen molar-refractivity contribution in [1.29, 1.82) is 5.26 Å². The average Bonchev–Trinajstić information content (AvgIpc) is 3.38. The van der Waals surface area contributed by atoms with Crippen molar-refractivity contribution in [2.45, 2.75) is 31.7 Å². The Balaban J connectivity index is 1.41. The van der Waals surface area contributed by atoms with Crippen molar-refractivity contribution in [3.63, 3.8) is 0 Å². The van der Waals surface area contributed by atoms with Gasteiger partial charge < -0.3 is 9.42 Å². The Bertz CT molecular complexity index is 753. The van der Waals surface area contributed by atoms with E-state index in [1.807, 2.05) is 24.3 Å². The van der Waals surface area contributed by atoms with E-state index >= 15 is 0 Å². The molecule has 0 radical (unpaired) electrons. The maximum Gasteiger partial charge on any atom is 0.243 e. The van der Waals surface area contributed by atoms with Gasteiger partial charge in [-0.05, 0) is 31.9 Å². The third-order valence-corrected chi connectivity index (χ3v) is 4.98. The van der Waals surface area contributed by atoms with E-state index in [0.29, 0.717) is 5.92 Å². The molecule has 0 unspecified atom stereocenters. The summed E-state index contributed by atoms with van der Waals surface area (Å²) in [5.41, 5.74) is 1.77. The molecule has 4 rings (SSSR count).